The zero-order valence-electron chi connectivity index (χ0n) is 14.7. The van der Waals surface area contributed by atoms with Crippen LogP contribution in [0.3, 0.4) is 0 Å². The fourth-order valence-corrected chi connectivity index (χ4v) is 2.85. The number of halogens is 1. The summed E-state index contributed by atoms with van der Waals surface area (Å²) >= 11 is 0. The van der Waals surface area contributed by atoms with E-state index < -0.39 is 36.2 Å². The second-order valence-corrected chi connectivity index (χ2v) is 7.34. The van der Waals surface area contributed by atoms with Gasteiger partial charge in [0.05, 0.1) is 6.04 Å². The number of nitrogens with zero attached hydrogens (tertiary/aromatic N) is 1. The van der Waals surface area contributed by atoms with E-state index in [0.29, 0.717) is 11.1 Å². The van der Waals surface area contributed by atoms with Gasteiger partial charge in [-0.15, -0.1) is 0 Å². The number of ether oxygens (including phenoxy) is 2. The van der Waals surface area contributed by atoms with E-state index in [-0.39, 0.29) is 0 Å². The molecule has 1 fully saturated rings. The van der Waals surface area contributed by atoms with Gasteiger partial charge < -0.3 is 9.47 Å². The number of hydrogen-bond donors (Lipinski definition) is 0. The quantitative estimate of drug-likeness (QED) is 0.786. The molecule has 2 rings (SSSR count). The van der Waals surface area contributed by atoms with Gasteiger partial charge in [-0.05, 0) is 40.2 Å². The van der Waals surface area contributed by atoms with Crippen molar-refractivity contribution in [2.45, 2.75) is 58.1 Å². The van der Waals surface area contributed by atoms with E-state index in [9.17, 15) is 14.0 Å². The molecule has 0 bridgehead atoms. The zero-order valence-corrected chi connectivity index (χ0v) is 14.7. The van der Waals surface area contributed by atoms with Crippen molar-refractivity contribution in [1.29, 1.82) is 0 Å². The minimum atomic E-state index is -1.01. The highest BCUT2D eigenvalue weighted by atomic mass is 19.1. The number of alkyl halides is 1. The van der Waals surface area contributed by atoms with Gasteiger partial charge in [0, 0.05) is 5.56 Å². The van der Waals surface area contributed by atoms with E-state index in [1.807, 2.05) is 0 Å². The van der Waals surface area contributed by atoms with Crippen LogP contribution in [-0.4, -0.2) is 41.3 Å². The maximum absolute atomic E-state index is 13.8. The van der Waals surface area contributed by atoms with Gasteiger partial charge in [-0.25, -0.2) is 9.18 Å². The van der Waals surface area contributed by atoms with E-state index >= 15 is 0 Å². The van der Waals surface area contributed by atoms with Gasteiger partial charge >= 0.3 is 6.09 Å². The monoisotopic (exact) mass is 337 g/mol. The van der Waals surface area contributed by atoms with Gasteiger partial charge in [0.1, 0.15) is 30.4 Å². The van der Waals surface area contributed by atoms with E-state index in [2.05, 4.69) is 0 Å². The second kappa shape index (κ2) is 6.51. The van der Waals surface area contributed by atoms with E-state index in [0.717, 1.165) is 6.29 Å². The summed E-state index contributed by atoms with van der Waals surface area (Å²) in [4.78, 5) is 24.6. The van der Waals surface area contributed by atoms with Crippen LogP contribution in [0.2, 0.25) is 0 Å². The molecule has 0 spiro atoms. The van der Waals surface area contributed by atoms with Crippen molar-refractivity contribution in [3.63, 3.8) is 0 Å². The van der Waals surface area contributed by atoms with Crippen LogP contribution < -0.4 is 0 Å². The Labute approximate surface area is 141 Å². The number of benzene rings is 1. The van der Waals surface area contributed by atoms with Crippen LogP contribution in [-0.2, 0) is 9.47 Å². The number of amides is 1. The van der Waals surface area contributed by atoms with Crippen LogP contribution in [0.15, 0.2) is 24.3 Å². The maximum atomic E-state index is 13.8. The molecule has 1 aliphatic rings. The van der Waals surface area contributed by atoms with Gasteiger partial charge in [-0.3, -0.25) is 9.69 Å². The molecule has 5 nitrogen and oxygen atoms in total. The highest BCUT2D eigenvalue weighted by Gasteiger charge is 2.51. The summed E-state index contributed by atoms with van der Waals surface area (Å²) in [6, 6.07) is 5.92. The molecule has 0 saturated carbocycles. The molecule has 1 aromatic carbocycles. The van der Waals surface area contributed by atoms with Crippen molar-refractivity contribution >= 4 is 12.4 Å². The van der Waals surface area contributed by atoms with E-state index in [4.69, 9.17) is 9.47 Å². The number of hydrogen-bond acceptors (Lipinski definition) is 4. The van der Waals surface area contributed by atoms with Crippen molar-refractivity contribution in [3.8, 4) is 0 Å². The van der Waals surface area contributed by atoms with Crippen molar-refractivity contribution in [1.82, 2.24) is 4.90 Å². The Morgan fingerprint density at radius 1 is 1.33 bits per heavy atom. The number of carbonyl (C=O) groups is 2. The average molecular weight is 337 g/mol. The van der Waals surface area contributed by atoms with Gasteiger partial charge in [0.2, 0.25) is 0 Å². The average Bonchev–Trinajstić information content (AvgIpc) is 2.76. The molecule has 6 heteroatoms. The molecule has 0 N–H and O–H groups in total. The first-order chi connectivity index (χ1) is 11.1. The molecule has 0 aromatic heterocycles. The molecule has 1 aromatic rings. The van der Waals surface area contributed by atoms with E-state index in [1.165, 1.54) is 4.90 Å². The molecule has 2 unspecified atom stereocenters. The first kappa shape index (κ1) is 18.4. The summed E-state index contributed by atoms with van der Waals surface area (Å²) in [7, 11) is 0. The Hall–Kier alpha value is -1.95. The van der Waals surface area contributed by atoms with Crippen LogP contribution in [0.4, 0.5) is 9.18 Å². The Morgan fingerprint density at radius 2 is 1.92 bits per heavy atom. The molecule has 0 aliphatic carbocycles. The number of carbonyl (C=O) groups excluding carboxylic acids is 2. The van der Waals surface area contributed by atoms with Crippen molar-refractivity contribution < 1.29 is 23.5 Å². The smallest absolute Gasteiger partial charge is 0.413 e. The summed E-state index contributed by atoms with van der Waals surface area (Å²) in [5, 5.41) is 0. The summed E-state index contributed by atoms with van der Waals surface area (Å²) in [5.74, 6) is 0. The summed E-state index contributed by atoms with van der Waals surface area (Å²) in [6.07, 6.45) is -0.497. The molecule has 2 atom stereocenters. The fourth-order valence-electron chi connectivity index (χ4n) is 2.85. The Bertz CT molecular complexity index is 606. The molecule has 1 saturated heterocycles. The third kappa shape index (κ3) is 3.75. The normalized spacial score (nSPS) is 23.2. The Balaban J connectivity index is 2.32. The lowest BCUT2D eigenvalue weighted by atomic mass is 10.0. The molecular weight excluding hydrogens is 313 g/mol. The first-order valence-electron chi connectivity index (χ1n) is 7.90. The Morgan fingerprint density at radius 3 is 2.38 bits per heavy atom. The van der Waals surface area contributed by atoms with Crippen LogP contribution >= 0.6 is 0 Å². The van der Waals surface area contributed by atoms with Crippen LogP contribution in [0.25, 0.3) is 0 Å². The van der Waals surface area contributed by atoms with Gasteiger partial charge in [0.25, 0.3) is 0 Å². The minimum absolute atomic E-state index is 0.525. The predicted molar refractivity (Wildman–Crippen MR) is 87.6 cm³/mol. The predicted octanol–water partition coefficient (Wildman–Crippen LogP) is 3.88. The van der Waals surface area contributed by atoms with Gasteiger partial charge in [-0.1, -0.05) is 24.3 Å². The molecule has 132 valence electrons. The SMILES string of the molecule is CC(C)(C)OC(=O)N1C(CF)C(c2ccc(C=O)cc2)OC1(C)C. The van der Waals surface area contributed by atoms with Crippen molar-refractivity contribution in [2.75, 3.05) is 6.67 Å². The van der Waals surface area contributed by atoms with Crippen molar-refractivity contribution in [2.24, 2.45) is 0 Å². The van der Waals surface area contributed by atoms with Crippen LogP contribution in [0.1, 0.15) is 56.6 Å². The fraction of sp³-hybridized carbons (Fsp3) is 0.556. The lowest BCUT2D eigenvalue weighted by Gasteiger charge is -2.34. The molecule has 24 heavy (non-hydrogen) atoms. The summed E-state index contributed by atoms with van der Waals surface area (Å²) in [5.41, 5.74) is -0.454. The largest absolute Gasteiger partial charge is 0.444 e. The van der Waals surface area contributed by atoms with Crippen LogP contribution in [0.5, 0.6) is 0 Å². The molecule has 0 radical (unpaired) electrons. The standard InChI is InChI=1S/C18H24FNO4/c1-17(2,3)24-16(22)20-14(10-19)15(23-18(20,4)5)13-8-6-12(11-21)7-9-13/h6-9,11,14-15H,10H2,1-5H3. The lowest BCUT2D eigenvalue weighted by molar-refractivity contribution is -0.0797. The molecule has 1 amide bonds. The number of aldehydes is 1. The summed E-state index contributed by atoms with van der Waals surface area (Å²) < 4.78 is 25.1. The Kier molecular flexibility index (Phi) is 4.99. The lowest BCUT2D eigenvalue weighted by Crippen LogP contribution is -2.50. The first-order valence-corrected chi connectivity index (χ1v) is 7.90. The highest BCUT2D eigenvalue weighted by molar-refractivity contribution is 5.74. The minimum Gasteiger partial charge on any atom is -0.444 e. The molecule has 1 heterocycles. The number of rotatable bonds is 3. The van der Waals surface area contributed by atoms with E-state index in [1.54, 1.807) is 58.9 Å². The summed E-state index contributed by atoms with van der Waals surface area (Å²) in [6.45, 7) is 7.93. The topological polar surface area (TPSA) is 55.8 Å². The molecule has 1 aliphatic heterocycles. The molecular formula is C18H24FNO4. The highest BCUT2D eigenvalue weighted by Crippen LogP contribution is 2.41. The van der Waals surface area contributed by atoms with Gasteiger partial charge in [-0.2, -0.15) is 0 Å². The van der Waals surface area contributed by atoms with Crippen molar-refractivity contribution in [3.05, 3.63) is 35.4 Å². The third-order valence-electron chi connectivity index (χ3n) is 3.83. The van der Waals surface area contributed by atoms with Crippen LogP contribution in [0, 0.1) is 0 Å². The third-order valence-corrected chi connectivity index (χ3v) is 3.83. The maximum Gasteiger partial charge on any atom is 0.413 e. The van der Waals surface area contributed by atoms with Gasteiger partial charge in [0.15, 0.2) is 0 Å². The zero-order chi connectivity index (χ0) is 18.1. The second-order valence-electron chi connectivity index (χ2n) is 7.34.